The van der Waals surface area contributed by atoms with Crippen LogP contribution >= 0.6 is 9.03 Å². The zero-order chi connectivity index (χ0) is 37.7. The zero-order valence-electron chi connectivity index (χ0n) is 30.9. The molecule has 0 radical (unpaired) electrons. The number of methoxy groups -OCH3 is 1. The van der Waals surface area contributed by atoms with Crippen molar-refractivity contribution in [1.82, 2.24) is 14.9 Å². The number of hydrogen-bond donors (Lipinski definition) is 2. The van der Waals surface area contributed by atoms with Gasteiger partial charge in [-0.3, -0.25) is 9.36 Å². The van der Waals surface area contributed by atoms with Crippen molar-refractivity contribution in [3.8, 4) is 0 Å². The van der Waals surface area contributed by atoms with Crippen molar-refractivity contribution in [1.29, 1.82) is 0 Å². The topological polar surface area (TPSA) is 169 Å². The molecule has 290 valence electrons. The van der Waals surface area contributed by atoms with E-state index in [0.29, 0.717) is 89.2 Å². The highest BCUT2D eigenvalue weighted by atomic mass is 31.1. The summed E-state index contributed by atoms with van der Waals surface area (Å²) in [6.07, 6.45) is 2.57. The molecule has 0 spiro atoms. The van der Waals surface area contributed by atoms with Gasteiger partial charge < -0.3 is 48.3 Å². The number of hydrogen-bond acceptors (Lipinski definition) is 14. The number of carbonyl (C=O) groups is 1. The number of ether oxygens (including phenoxy) is 5. The highest BCUT2D eigenvalue weighted by molar-refractivity contribution is 7.26. The Labute approximate surface area is 312 Å². The summed E-state index contributed by atoms with van der Waals surface area (Å²) in [5, 5.41) is 14.6. The van der Waals surface area contributed by atoms with E-state index in [1.807, 2.05) is 43.3 Å². The number of nitrogens with zero attached hydrogens (tertiary/aromatic N) is 5. The SMILES string of the molecule is COC[C@H]1O[C@@H](n2ccc(NCCCOCCOCCOCCCNC(=O)c3ccc(/N=N/c4ccc(N(C)C)cc4)cc3)nc2=O)CC1OPOC. The molecule has 1 aliphatic rings. The van der Waals surface area contributed by atoms with Gasteiger partial charge in [0.2, 0.25) is 0 Å². The van der Waals surface area contributed by atoms with E-state index in [1.54, 1.807) is 50.7 Å². The van der Waals surface area contributed by atoms with Crippen LogP contribution < -0.4 is 21.2 Å². The van der Waals surface area contributed by atoms with Crippen molar-refractivity contribution in [3.63, 3.8) is 0 Å². The van der Waals surface area contributed by atoms with Crippen molar-refractivity contribution >= 4 is 37.8 Å². The molecule has 2 unspecified atom stereocenters. The van der Waals surface area contributed by atoms with Gasteiger partial charge in [-0.15, -0.1) is 0 Å². The van der Waals surface area contributed by atoms with E-state index in [9.17, 15) is 9.59 Å². The summed E-state index contributed by atoms with van der Waals surface area (Å²) >= 11 is 0. The smallest absolute Gasteiger partial charge is 0.351 e. The maximum absolute atomic E-state index is 12.7. The van der Waals surface area contributed by atoms with Gasteiger partial charge in [0.05, 0.1) is 50.5 Å². The first-order chi connectivity index (χ1) is 25.9. The molecule has 0 aliphatic carbocycles. The Morgan fingerprint density at radius 1 is 0.906 bits per heavy atom. The molecular formula is C36H52N7O9P. The number of benzene rings is 2. The largest absolute Gasteiger partial charge is 0.382 e. The van der Waals surface area contributed by atoms with Crippen LogP contribution in [0.1, 0.15) is 35.8 Å². The lowest BCUT2D eigenvalue weighted by Crippen LogP contribution is -2.28. The van der Waals surface area contributed by atoms with Gasteiger partial charge >= 0.3 is 5.69 Å². The molecule has 53 heavy (non-hydrogen) atoms. The van der Waals surface area contributed by atoms with Crippen LogP contribution in [0.25, 0.3) is 0 Å². The molecule has 2 aromatic carbocycles. The molecule has 2 heterocycles. The highest BCUT2D eigenvalue weighted by Crippen LogP contribution is 2.34. The molecule has 16 nitrogen and oxygen atoms in total. The number of amides is 1. The quantitative estimate of drug-likeness (QED) is 0.0685. The second-order valence-corrected chi connectivity index (χ2v) is 13.0. The van der Waals surface area contributed by atoms with Crippen molar-refractivity contribution in [2.24, 2.45) is 10.2 Å². The van der Waals surface area contributed by atoms with Gasteiger partial charge in [0, 0.05) is 78.5 Å². The first-order valence-corrected chi connectivity index (χ1v) is 18.4. The minimum absolute atomic E-state index is 0.112. The average Bonchev–Trinajstić information content (AvgIpc) is 3.56. The summed E-state index contributed by atoms with van der Waals surface area (Å²) in [5.41, 5.74) is 2.67. The van der Waals surface area contributed by atoms with E-state index < -0.39 is 11.9 Å². The third-order valence-electron chi connectivity index (χ3n) is 7.98. The molecule has 1 amide bonds. The summed E-state index contributed by atoms with van der Waals surface area (Å²) in [6.45, 7) is 4.36. The lowest BCUT2D eigenvalue weighted by molar-refractivity contribution is -0.0504. The molecule has 4 atom stereocenters. The lowest BCUT2D eigenvalue weighted by Gasteiger charge is -2.17. The number of aromatic nitrogens is 2. The van der Waals surface area contributed by atoms with Crippen LogP contribution in [0.4, 0.5) is 22.9 Å². The fourth-order valence-electron chi connectivity index (χ4n) is 5.17. The minimum Gasteiger partial charge on any atom is -0.382 e. The number of rotatable bonds is 25. The first kappa shape index (κ1) is 41.9. The molecular weight excluding hydrogens is 705 g/mol. The standard InChI is InChI=1S/C36H52N7O9P/c1-42(2)30-13-11-29(12-14-30)41-40-28-9-7-27(8-10-28)35(44)38-17-6-20-49-22-24-50-23-21-48-19-5-16-37-33-15-18-43(36(45)39-33)34-25-31(52-53-47-4)32(51-34)26-46-3/h7-15,18,31-32,34,53H,5-6,16-17,19-26H2,1-4H3,(H,38,44)(H,37,39,45)/b41-40+/t31?,32-,34-/m1/s1. The Morgan fingerprint density at radius 3 is 2.13 bits per heavy atom. The fourth-order valence-corrected chi connectivity index (χ4v) is 5.64. The number of carbonyl (C=O) groups excluding carboxylic acids is 1. The monoisotopic (exact) mass is 757 g/mol. The van der Waals surface area contributed by atoms with Gasteiger partial charge in [-0.05, 0) is 67.4 Å². The van der Waals surface area contributed by atoms with Crippen molar-refractivity contribution in [2.75, 3.05) is 97.9 Å². The molecule has 17 heteroatoms. The molecule has 3 aromatic rings. The van der Waals surface area contributed by atoms with Gasteiger partial charge in [0.25, 0.3) is 5.91 Å². The zero-order valence-corrected chi connectivity index (χ0v) is 31.9. The highest BCUT2D eigenvalue weighted by Gasteiger charge is 2.37. The predicted molar refractivity (Wildman–Crippen MR) is 203 cm³/mol. The average molecular weight is 758 g/mol. The van der Waals surface area contributed by atoms with Gasteiger partial charge in [0.1, 0.15) is 18.1 Å². The maximum Gasteiger partial charge on any atom is 0.351 e. The third kappa shape index (κ3) is 14.8. The Hall–Kier alpha value is -3.86. The second kappa shape index (κ2) is 23.7. The van der Waals surface area contributed by atoms with Crippen LogP contribution in [0.15, 0.2) is 75.8 Å². The minimum atomic E-state index is -0.489. The van der Waals surface area contributed by atoms with Crippen molar-refractivity contribution in [2.45, 2.75) is 37.7 Å². The Bertz CT molecular complexity index is 1580. The van der Waals surface area contributed by atoms with E-state index in [2.05, 4.69) is 25.8 Å². The summed E-state index contributed by atoms with van der Waals surface area (Å²) in [4.78, 5) is 31.3. The Kier molecular flexibility index (Phi) is 18.8. The summed E-state index contributed by atoms with van der Waals surface area (Å²) in [6, 6.07) is 16.5. The van der Waals surface area contributed by atoms with Crippen LogP contribution in [0.2, 0.25) is 0 Å². The number of azo groups is 1. The van der Waals surface area contributed by atoms with Crippen LogP contribution in [0.5, 0.6) is 0 Å². The van der Waals surface area contributed by atoms with E-state index >= 15 is 0 Å². The Balaban J connectivity index is 0.962. The van der Waals surface area contributed by atoms with Crippen LogP contribution in [0.3, 0.4) is 0 Å². The van der Waals surface area contributed by atoms with Gasteiger partial charge in [-0.2, -0.15) is 15.2 Å². The van der Waals surface area contributed by atoms with Crippen LogP contribution in [-0.2, 0) is 32.7 Å². The van der Waals surface area contributed by atoms with Crippen LogP contribution in [0, 0.1) is 0 Å². The predicted octanol–water partition coefficient (Wildman–Crippen LogP) is 4.87. The van der Waals surface area contributed by atoms with E-state index in [-0.39, 0.29) is 27.1 Å². The Morgan fingerprint density at radius 2 is 1.53 bits per heavy atom. The normalized spacial score (nSPS) is 17.2. The van der Waals surface area contributed by atoms with E-state index in [4.69, 9.17) is 32.7 Å². The molecule has 2 N–H and O–H groups in total. The lowest BCUT2D eigenvalue weighted by atomic mass is 10.2. The number of nitrogens with one attached hydrogen (secondary N) is 2. The van der Waals surface area contributed by atoms with Crippen LogP contribution in [-0.4, -0.2) is 115 Å². The second-order valence-electron chi connectivity index (χ2n) is 12.2. The summed E-state index contributed by atoms with van der Waals surface area (Å²) in [7, 11) is 7.02. The third-order valence-corrected chi connectivity index (χ3v) is 8.54. The molecule has 1 fully saturated rings. The van der Waals surface area contributed by atoms with Crippen molar-refractivity contribution in [3.05, 3.63) is 76.8 Å². The first-order valence-electron chi connectivity index (χ1n) is 17.6. The van der Waals surface area contributed by atoms with E-state index in [0.717, 1.165) is 17.8 Å². The molecule has 0 bridgehead atoms. The van der Waals surface area contributed by atoms with Gasteiger partial charge in [-0.25, -0.2) is 4.79 Å². The molecule has 0 saturated carbocycles. The maximum atomic E-state index is 12.7. The molecule has 1 aliphatic heterocycles. The van der Waals surface area contributed by atoms with E-state index in [1.165, 1.54) is 4.57 Å². The molecule has 4 rings (SSSR count). The molecule has 1 aromatic heterocycles. The molecule has 1 saturated heterocycles. The van der Waals surface area contributed by atoms with Crippen molar-refractivity contribution < 1.29 is 37.5 Å². The van der Waals surface area contributed by atoms with Gasteiger partial charge in [-0.1, -0.05) is 0 Å². The fraction of sp³-hybridized carbons (Fsp3) is 0.528. The number of anilines is 2. The summed E-state index contributed by atoms with van der Waals surface area (Å²) < 4.78 is 40.2. The van der Waals surface area contributed by atoms with Gasteiger partial charge in [0.15, 0.2) is 9.03 Å². The summed E-state index contributed by atoms with van der Waals surface area (Å²) in [5.74, 6) is 0.341.